The molecule has 1 fully saturated rings. The fraction of sp³-hybridized carbons (Fsp3) is 0.391. The van der Waals surface area contributed by atoms with Crippen LogP contribution in [0.4, 0.5) is 5.69 Å². The Hall–Kier alpha value is -2.91. The second-order valence-electron chi connectivity index (χ2n) is 7.85. The molecule has 0 spiro atoms. The zero-order chi connectivity index (χ0) is 23.3. The van der Waals surface area contributed by atoms with Crippen LogP contribution in [-0.2, 0) is 14.8 Å². The third-order valence-corrected chi connectivity index (χ3v) is 7.36. The first-order chi connectivity index (χ1) is 15.2. The van der Waals surface area contributed by atoms with E-state index in [1.165, 1.54) is 11.4 Å². The lowest BCUT2D eigenvalue weighted by atomic mass is 10.1. The molecule has 9 heteroatoms. The number of rotatable bonds is 7. The van der Waals surface area contributed by atoms with Gasteiger partial charge in [-0.3, -0.25) is 18.8 Å². The Morgan fingerprint density at radius 1 is 0.969 bits per heavy atom. The molecule has 8 nitrogen and oxygen atoms in total. The van der Waals surface area contributed by atoms with Gasteiger partial charge in [0.05, 0.1) is 17.1 Å². The maximum absolute atomic E-state index is 12.9. The van der Waals surface area contributed by atoms with Crippen LogP contribution in [0.5, 0.6) is 0 Å². The number of benzene rings is 2. The molecule has 0 bridgehead atoms. The molecule has 1 saturated heterocycles. The molecule has 0 saturated carbocycles. The van der Waals surface area contributed by atoms with Crippen LogP contribution in [0, 0.1) is 6.92 Å². The van der Waals surface area contributed by atoms with E-state index in [2.05, 4.69) is 5.32 Å². The SMILES string of the molecule is CCNC(=O)CN1CCN(C(=O)c2ccc(N(C)S(=O)(=O)c3ccc(C)cc3)cc2)CC1. The molecule has 0 aromatic heterocycles. The predicted octanol–water partition coefficient (Wildman–Crippen LogP) is 1.71. The third-order valence-electron chi connectivity index (χ3n) is 5.56. The molecule has 0 radical (unpaired) electrons. The molecule has 0 unspecified atom stereocenters. The van der Waals surface area contributed by atoms with Crippen molar-refractivity contribution >= 4 is 27.5 Å². The summed E-state index contributed by atoms with van der Waals surface area (Å²) in [6.07, 6.45) is 0. The summed E-state index contributed by atoms with van der Waals surface area (Å²) in [6.45, 7) is 7.09. The highest BCUT2D eigenvalue weighted by molar-refractivity contribution is 7.92. The molecule has 172 valence electrons. The van der Waals surface area contributed by atoms with Gasteiger partial charge in [-0.05, 0) is 50.2 Å². The highest BCUT2D eigenvalue weighted by Crippen LogP contribution is 2.23. The van der Waals surface area contributed by atoms with Crippen LogP contribution in [0.15, 0.2) is 53.4 Å². The number of carbonyl (C=O) groups is 2. The lowest BCUT2D eigenvalue weighted by molar-refractivity contribution is -0.122. The van der Waals surface area contributed by atoms with Crippen LogP contribution < -0.4 is 9.62 Å². The van der Waals surface area contributed by atoms with Crippen LogP contribution >= 0.6 is 0 Å². The van der Waals surface area contributed by atoms with Gasteiger partial charge < -0.3 is 10.2 Å². The Kier molecular flexibility index (Phi) is 7.52. The zero-order valence-corrected chi connectivity index (χ0v) is 19.6. The smallest absolute Gasteiger partial charge is 0.264 e. The number of nitrogens with one attached hydrogen (secondary N) is 1. The van der Waals surface area contributed by atoms with Crippen molar-refractivity contribution in [3.8, 4) is 0 Å². The van der Waals surface area contributed by atoms with Gasteiger partial charge in [-0.2, -0.15) is 0 Å². The molecule has 1 aliphatic heterocycles. The number of anilines is 1. The normalized spacial score (nSPS) is 14.8. The molecule has 2 aromatic carbocycles. The topological polar surface area (TPSA) is 90.0 Å². The summed E-state index contributed by atoms with van der Waals surface area (Å²) in [5.41, 5.74) is 1.97. The van der Waals surface area contributed by atoms with Gasteiger partial charge in [-0.1, -0.05) is 17.7 Å². The summed E-state index contributed by atoms with van der Waals surface area (Å²) >= 11 is 0. The summed E-state index contributed by atoms with van der Waals surface area (Å²) in [5.74, 6) is -0.106. The van der Waals surface area contributed by atoms with Gasteiger partial charge in [0, 0.05) is 45.3 Å². The van der Waals surface area contributed by atoms with Gasteiger partial charge in [0.1, 0.15) is 0 Å². The Labute approximate surface area is 189 Å². The van der Waals surface area contributed by atoms with Crippen LogP contribution in [-0.4, -0.2) is 76.3 Å². The first kappa shape index (κ1) is 23.7. The number of likely N-dealkylation sites (N-methyl/N-ethyl adjacent to an activating group) is 1. The first-order valence-corrected chi connectivity index (χ1v) is 12.1. The average Bonchev–Trinajstić information content (AvgIpc) is 2.79. The molecule has 1 aliphatic rings. The van der Waals surface area contributed by atoms with E-state index in [1.54, 1.807) is 53.4 Å². The molecule has 1 heterocycles. The van der Waals surface area contributed by atoms with Gasteiger partial charge in [-0.15, -0.1) is 0 Å². The van der Waals surface area contributed by atoms with Crippen molar-refractivity contribution in [3.63, 3.8) is 0 Å². The quantitative estimate of drug-likeness (QED) is 0.682. The molecule has 32 heavy (non-hydrogen) atoms. The number of amides is 2. The van der Waals surface area contributed by atoms with Crippen LogP contribution in [0.25, 0.3) is 0 Å². The number of hydrogen-bond donors (Lipinski definition) is 1. The minimum atomic E-state index is -3.68. The lowest BCUT2D eigenvalue weighted by Crippen LogP contribution is -2.51. The largest absolute Gasteiger partial charge is 0.355 e. The summed E-state index contributed by atoms with van der Waals surface area (Å²) in [4.78, 5) is 28.6. The van der Waals surface area contributed by atoms with Gasteiger partial charge in [-0.25, -0.2) is 8.42 Å². The summed E-state index contributed by atoms with van der Waals surface area (Å²) in [6, 6.07) is 13.3. The number of aryl methyl sites for hydroxylation is 1. The first-order valence-electron chi connectivity index (χ1n) is 10.7. The van der Waals surface area contributed by atoms with Crippen molar-refractivity contribution in [3.05, 3.63) is 59.7 Å². The van der Waals surface area contributed by atoms with E-state index in [1.807, 2.05) is 18.7 Å². The third kappa shape index (κ3) is 5.46. The monoisotopic (exact) mass is 458 g/mol. The Balaban J connectivity index is 1.62. The number of piperazine rings is 1. The van der Waals surface area contributed by atoms with E-state index in [9.17, 15) is 18.0 Å². The van der Waals surface area contributed by atoms with Crippen molar-refractivity contribution in [1.29, 1.82) is 0 Å². The summed E-state index contributed by atoms with van der Waals surface area (Å²) in [5, 5.41) is 2.78. The Bertz CT molecular complexity index is 1040. The van der Waals surface area contributed by atoms with E-state index in [0.29, 0.717) is 50.5 Å². The van der Waals surface area contributed by atoms with E-state index in [0.717, 1.165) is 5.56 Å². The number of sulfonamides is 1. The summed E-state index contributed by atoms with van der Waals surface area (Å²) < 4.78 is 27.0. The van der Waals surface area contributed by atoms with Crippen LogP contribution in [0.3, 0.4) is 0 Å². The molecular weight excluding hydrogens is 428 g/mol. The second kappa shape index (κ2) is 10.1. The van der Waals surface area contributed by atoms with Gasteiger partial charge >= 0.3 is 0 Å². The van der Waals surface area contributed by atoms with E-state index < -0.39 is 10.0 Å². The van der Waals surface area contributed by atoms with Crippen molar-refractivity contribution in [2.45, 2.75) is 18.7 Å². The summed E-state index contributed by atoms with van der Waals surface area (Å²) in [7, 11) is -2.18. The maximum atomic E-state index is 12.9. The second-order valence-corrected chi connectivity index (χ2v) is 9.82. The van der Waals surface area contributed by atoms with Gasteiger partial charge in [0.25, 0.3) is 15.9 Å². The molecule has 1 N–H and O–H groups in total. The highest BCUT2D eigenvalue weighted by Gasteiger charge is 2.24. The van der Waals surface area contributed by atoms with E-state index >= 15 is 0 Å². The minimum absolute atomic E-state index is 0.00688. The fourth-order valence-electron chi connectivity index (χ4n) is 3.57. The average molecular weight is 459 g/mol. The Morgan fingerprint density at radius 3 is 2.12 bits per heavy atom. The van der Waals surface area contributed by atoms with Crippen molar-refractivity contribution in [1.82, 2.24) is 15.1 Å². The van der Waals surface area contributed by atoms with E-state index in [4.69, 9.17) is 0 Å². The molecule has 0 aliphatic carbocycles. The zero-order valence-electron chi connectivity index (χ0n) is 18.7. The number of hydrogen-bond acceptors (Lipinski definition) is 5. The molecule has 2 aromatic rings. The van der Waals surface area contributed by atoms with E-state index in [-0.39, 0.29) is 16.7 Å². The van der Waals surface area contributed by atoms with Crippen molar-refractivity contribution in [2.24, 2.45) is 0 Å². The standard InChI is InChI=1S/C23H30N4O4S/c1-4-24-22(28)17-26-13-15-27(16-14-26)23(29)19-7-9-20(10-8-19)25(3)32(30,31)21-11-5-18(2)6-12-21/h5-12H,4,13-17H2,1-3H3,(H,24,28). The van der Waals surface area contributed by atoms with Crippen molar-refractivity contribution < 1.29 is 18.0 Å². The molecule has 0 atom stereocenters. The van der Waals surface area contributed by atoms with Crippen LogP contribution in [0.2, 0.25) is 0 Å². The number of nitrogens with zero attached hydrogens (tertiary/aromatic N) is 3. The predicted molar refractivity (Wildman–Crippen MR) is 124 cm³/mol. The highest BCUT2D eigenvalue weighted by atomic mass is 32.2. The van der Waals surface area contributed by atoms with Crippen molar-refractivity contribution in [2.75, 3.05) is 50.6 Å². The molecule has 3 rings (SSSR count). The maximum Gasteiger partial charge on any atom is 0.264 e. The van der Waals surface area contributed by atoms with Crippen LogP contribution in [0.1, 0.15) is 22.8 Å². The van der Waals surface area contributed by atoms with Gasteiger partial charge in [0.15, 0.2) is 0 Å². The number of carbonyl (C=O) groups excluding carboxylic acids is 2. The lowest BCUT2D eigenvalue weighted by Gasteiger charge is -2.34. The molecular formula is C23H30N4O4S. The molecule has 2 amide bonds. The van der Waals surface area contributed by atoms with Gasteiger partial charge in [0.2, 0.25) is 5.91 Å². The fourth-order valence-corrected chi connectivity index (χ4v) is 4.76. The minimum Gasteiger partial charge on any atom is -0.355 e. The Morgan fingerprint density at radius 2 is 1.56 bits per heavy atom.